The average molecular weight is 529 g/mol. The lowest BCUT2D eigenvalue weighted by Gasteiger charge is -2.15. The molecular formula is C23H21BrN4O6. The summed E-state index contributed by atoms with van der Waals surface area (Å²) in [5, 5.41) is 26.2. The van der Waals surface area contributed by atoms with Crippen molar-refractivity contribution in [1.29, 1.82) is 0 Å². The minimum absolute atomic E-state index is 0.0223. The van der Waals surface area contributed by atoms with E-state index in [4.69, 9.17) is 9.47 Å². The molecule has 0 spiro atoms. The second-order valence-corrected chi connectivity index (χ2v) is 7.98. The average Bonchev–Trinajstić information content (AvgIpc) is 2.78. The van der Waals surface area contributed by atoms with Gasteiger partial charge in [-0.25, -0.2) is 0 Å². The van der Waals surface area contributed by atoms with Gasteiger partial charge < -0.3 is 9.47 Å². The summed E-state index contributed by atoms with van der Waals surface area (Å²) in [6, 6.07) is 14.8. The maximum atomic E-state index is 11.3. The van der Waals surface area contributed by atoms with Crippen molar-refractivity contribution >= 4 is 39.2 Å². The summed E-state index contributed by atoms with van der Waals surface area (Å²) >= 11 is 3.50. The van der Waals surface area contributed by atoms with Gasteiger partial charge in [-0.15, -0.1) is 0 Å². The first kappa shape index (κ1) is 24.6. The summed E-state index contributed by atoms with van der Waals surface area (Å²) in [5.41, 5.74) is 4.54. The molecule has 0 radical (unpaired) electrons. The predicted octanol–water partition coefficient (Wildman–Crippen LogP) is 6.00. The molecule has 176 valence electrons. The second kappa shape index (κ2) is 11.2. The number of aryl methyl sites for hydroxylation is 1. The highest BCUT2D eigenvalue weighted by Gasteiger charge is 2.19. The molecule has 1 N–H and O–H groups in total. The Morgan fingerprint density at radius 2 is 1.85 bits per heavy atom. The fourth-order valence-electron chi connectivity index (χ4n) is 3.08. The van der Waals surface area contributed by atoms with Gasteiger partial charge in [-0.05, 0) is 59.1 Å². The van der Waals surface area contributed by atoms with Crippen LogP contribution in [0.25, 0.3) is 0 Å². The summed E-state index contributed by atoms with van der Waals surface area (Å²) in [7, 11) is 0. The zero-order valence-corrected chi connectivity index (χ0v) is 19.9. The largest absolute Gasteiger partial charge is 0.490 e. The highest BCUT2D eigenvalue weighted by Crippen LogP contribution is 2.37. The van der Waals surface area contributed by atoms with Gasteiger partial charge in [0.25, 0.3) is 5.69 Å². The number of benzene rings is 3. The van der Waals surface area contributed by atoms with Crippen LogP contribution in [0.3, 0.4) is 0 Å². The number of anilines is 1. The number of hydrogen-bond acceptors (Lipinski definition) is 8. The summed E-state index contributed by atoms with van der Waals surface area (Å²) in [6.45, 7) is 4.65. The zero-order chi connectivity index (χ0) is 24.7. The lowest BCUT2D eigenvalue weighted by Crippen LogP contribution is -2.02. The molecule has 3 aromatic carbocycles. The topological polar surface area (TPSA) is 129 Å². The normalized spacial score (nSPS) is 10.8. The first-order chi connectivity index (χ1) is 16.3. The Kier molecular flexibility index (Phi) is 8.14. The van der Waals surface area contributed by atoms with Gasteiger partial charge >= 0.3 is 5.69 Å². The minimum atomic E-state index is -0.713. The monoisotopic (exact) mass is 528 g/mol. The van der Waals surface area contributed by atoms with E-state index in [0.29, 0.717) is 34.7 Å². The van der Waals surface area contributed by atoms with E-state index in [9.17, 15) is 20.2 Å². The molecule has 34 heavy (non-hydrogen) atoms. The van der Waals surface area contributed by atoms with Crippen LogP contribution in [0.15, 0.2) is 64.2 Å². The number of nitrogens with zero attached hydrogens (tertiary/aromatic N) is 3. The smallest absolute Gasteiger partial charge is 0.301 e. The van der Waals surface area contributed by atoms with E-state index in [1.165, 1.54) is 12.3 Å². The lowest BCUT2D eigenvalue weighted by molar-refractivity contribution is -0.393. The predicted molar refractivity (Wildman–Crippen MR) is 132 cm³/mol. The maximum Gasteiger partial charge on any atom is 0.301 e. The molecule has 0 unspecified atom stereocenters. The zero-order valence-electron chi connectivity index (χ0n) is 18.4. The van der Waals surface area contributed by atoms with E-state index in [0.717, 1.165) is 23.3 Å². The van der Waals surface area contributed by atoms with E-state index in [1.54, 1.807) is 12.1 Å². The van der Waals surface area contributed by atoms with Crippen molar-refractivity contribution in [3.8, 4) is 11.5 Å². The number of non-ortho nitro benzene ring substituents is 1. The van der Waals surface area contributed by atoms with Crippen molar-refractivity contribution < 1.29 is 19.3 Å². The summed E-state index contributed by atoms with van der Waals surface area (Å²) < 4.78 is 12.4. The van der Waals surface area contributed by atoms with Crippen LogP contribution < -0.4 is 14.9 Å². The molecular weight excluding hydrogens is 508 g/mol. The molecule has 11 heteroatoms. The van der Waals surface area contributed by atoms with Gasteiger partial charge in [0, 0.05) is 6.07 Å². The molecule has 0 aliphatic carbocycles. The fraction of sp³-hybridized carbons (Fsp3) is 0.174. The molecule has 10 nitrogen and oxygen atoms in total. The second-order valence-electron chi connectivity index (χ2n) is 7.13. The van der Waals surface area contributed by atoms with E-state index in [-0.39, 0.29) is 11.4 Å². The molecule has 0 fully saturated rings. The van der Waals surface area contributed by atoms with Crippen LogP contribution >= 0.6 is 15.9 Å². The first-order valence-electron chi connectivity index (χ1n) is 10.1. The van der Waals surface area contributed by atoms with E-state index < -0.39 is 15.5 Å². The molecule has 3 aromatic rings. The molecule has 0 saturated carbocycles. The van der Waals surface area contributed by atoms with Crippen LogP contribution in [0.1, 0.15) is 23.6 Å². The van der Waals surface area contributed by atoms with Crippen LogP contribution in [0.5, 0.6) is 11.5 Å². The van der Waals surface area contributed by atoms with Gasteiger partial charge in [-0.3, -0.25) is 25.7 Å². The molecule has 0 heterocycles. The van der Waals surface area contributed by atoms with Crippen LogP contribution in [0.2, 0.25) is 0 Å². The number of halogens is 1. The van der Waals surface area contributed by atoms with Crippen molar-refractivity contribution in [1.82, 2.24) is 0 Å². The van der Waals surface area contributed by atoms with Gasteiger partial charge in [0.2, 0.25) is 0 Å². The third-order valence-electron chi connectivity index (χ3n) is 4.58. The molecule has 0 amide bonds. The molecule has 0 aliphatic heterocycles. The summed E-state index contributed by atoms with van der Waals surface area (Å²) in [4.78, 5) is 20.7. The summed E-state index contributed by atoms with van der Waals surface area (Å²) in [6.07, 6.45) is 1.45. The highest BCUT2D eigenvalue weighted by molar-refractivity contribution is 9.10. The van der Waals surface area contributed by atoms with E-state index in [1.807, 2.05) is 38.1 Å². The van der Waals surface area contributed by atoms with Crippen molar-refractivity contribution in [2.75, 3.05) is 12.0 Å². The SMILES string of the molecule is CCOc1cc(/C=N\Nc2ccc([N+](=O)[O-])cc2[N+](=O)[O-])cc(Br)c1OCc1cccc(C)c1. The number of nitro benzene ring substituents is 2. The Bertz CT molecular complexity index is 1250. The molecule has 0 atom stereocenters. The van der Waals surface area contributed by atoms with Gasteiger partial charge in [0.05, 0.1) is 33.2 Å². The Balaban J connectivity index is 1.80. The number of rotatable bonds is 10. The molecule has 0 bridgehead atoms. The molecule has 3 rings (SSSR count). The quantitative estimate of drug-likeness (QED) is 0.194. The Labute approximate surface area is 203 Å². The van der Waals surface area contributed by atoms with Gasteiger partial charge in [0.1, 0.15) is 12.3 Å². The fourth-order valence-corrected chi connectivity index (χ4v) is 3.65. The third kappa shape index (κ3) is 6.29. The molecule has 0 saturated heterocycles. The minimum Gasteiger partial charge on any atom is -0.490 e. The van der Waals surface area contributed by atoms with Crippen molar-refractivity contribution in [2.45, 2.75) is 20.5 Å². The number of hydrazone groups is 1. The molecule has 0 aromatic heterocycles. The Morgan fingerprint density at radius 3 is 2.53 bits per heavy atom. The Morgan fingerprint density at radius 1 is 1.06 bits per heavy atom. The summed E-state index contributed by atoms with van der Waals surface area (Å²) in [5.74, 6) is 1.05. The van der Waals surface area contributed by atoms with Crippen LogP contribution in [-0.4, -0.2) is 22.7 Å². The van der Waals surface area contributed by atoms with Crippen molar-refractivity contribution in [2.24, 2.45) is 5.10 Å². The lowest BCUT2D eigenvalue weighted by atomic mass is 10.1. The van der Waals surface area contributed by atoms with Crippen LogP contribution in [0.4, 0.5) is 17.1 Å². The van der Waals surface area contributed by atoms with E-state index >= 15 is 0 Å². The number of nitrogens with one attached hydrogen (secondary N) is 1. The van der Waals surface area contributed by atoms with Gasteiger partial charge in [0.15, 0.2) is 11.5 Å². The van der Waals surface area contributed by atoms with Crippen LogP contribution in [0, 0.1) is 27.2 Å². The van der Waals surface area contributed by atoms with Gasteiger partial charge in [-0.1, -0.05) is 29.8 Å². The standard InChI is InChI=1S/C23H21BrN4O6/c1-3-33-22-11-17(10-19(24)23(22)34-14-16-6-4-5-15(2)9-16)13-25-26-20-8-7-18(27(29)30)12-21(20)28(31)32/h4-13,26H,3,14H2,1-2H3/b25-13-. The number of nitro groups is 2. The Hall–Kier alpha value is -3.99. The van der Waals surface area contributed by atoms with Gasteiger partial charge in [-0.2, -0.15) is 5.10 Å². The maximum absolute atomic E-state index is 11.3. The van der Waals surface area contributed by atoms with Crippen molar-refractivity contribution in [3.05, 3.63) is 96.0 Å². The third-order valence-corrected chi connectivity index (χ3v) is 5.17. The first-order valence-corrected chi connectivity index (χ1v) is 10.9. The molecule has 0 aliphatic rings. The number of hydrogen-bond donors (Lipinski definition) is 1. The highest BCUT2D eigenvalue weighted by atomic mass is 79.9. The number of ether oxygens (including phenoxy) is 2. The van der Waals surface area contributed by atoms with Crippen LogP contribution in [-0.2, 0) is 6.61 Å². The van der Waals surface area contributed by atoms with E-state index in [2.05, 4.69) is 26.5 Å². The van der Waals surface area contributed by atoms with Crippen molar-refractivity contribution in [3.63, 3.8) is 0 Å².